The van der Waals surface area contributed by atoms with Crippen molar-refractivity contribution in [3.05, 3.63) is 24.5 Å². The Labute approximate surface area is 138 Å². The molecule has 0 spiro atoms. The number of rotatable bonds is 9. The fraction of sp³-hybridized carbons (Fsp3) is 0.462. The molecular weight excluding hydrogens is 337 g/mol. The lowest BCUT2D eigenvalue weighted by molar-refractivity contribution is 0.0515. The van der Waals surface area contributed by atoms with Gasteiger partial charge in [-0.05, 0) is 19.9 Å². The predicted octanol–water partition coefficient (Wildman–Crippen LogP) is 0.978. The Morgan fingerprint density at radius 3 is 2.71 bits per heavy atom. The van der Waals surface area contributed by atoms with Crippen molar-refractivity contribution in [3.63, 3.8) is 0 Å². The van der Waals surface area contributed by atoms with Gasteiger partial charge in [-0.3, -0.25) is 4.57 Å². The van der Waals surface area contributed by atoms with Crippen LogP contribution in [-0.2, 0) is 13.6 Å². The van der Waals surface area contributed by atoms with Gasteiger partial charge in [-0.1, -0.05) is 0 Å². The maximum Gasteiger partial charge on any atom is 0.353 e. The second kappa shape index (κ2) is 8.20. The number of nitrogens with two attached hydrogens (primary N) is 1. The van der Waals surface area contributed by atoms with E-state index in [1.54, 1.807) is 13.8 Å². The number of imidazole rings is 1. The first-order chi connectivity index (χ1) is 11.5. The summed E-state index contributed by atoms with van der Waals surface area (Å²) < 4.78 is 23.7. The van der Waals surface area contributed by atoms with E-state index in [2.05, 4.69) is 15.0 Å². The second-order valence-corrected chi connectivity index (χ2v) is 6.48. The first-order valence-electron chi connectivity index (χ1n) is 7.32. The highest BCUT2D eigenvalue weighted by Gasteiger charge is 2.19. The van der Waals surface area contributed by atoms with E-state index in [-0.39, 0.29) is 25.6 Å². The van der Waals surface area contributed by atoms with Crippen LogP contribution in [0.3, 0.4) is 0 Å². The van der Waals surface area contributed by atoms with Gasteiger partial charge in [-0.15, -0.1) is 0 Å². The van der Waals surface area contributed by atoms with Crippen molar-refractivity contribution in [2.75, 3.05) is 25.6 Å². The van der Waals surface area contributed by atoms with E-state index >= 15 is 0 Å². The summed E-state index contributed by atoms with van der Waals surface area (Å²) in [7, 11) is -3.36. The van der Waals surface area contributed by atoms with E-state index in [4.69, 9.17) is 19.6 Å². The SMILES string of the molecule is CCOP(=O)(/C=C/C(O)COn1cnc2c(N)ncnc21)OCC. The van der Waals surface area contributed by atoms with Crippen molar-refractivity contribution in [2.45, 2.75) is 20.0 Å². The number of aromatic nitrogens is 4. The third kappa shape index (κ3) is 4.51. The molecule has 0 bridgehead atoms. The quantitative estimate of drug-likeness (QED) is 0.629. The van der Waals surface area contributed by atoms with Crippen LogP contribution in [0.2, 0.25) is 0 Å². The Balaban J connectivity index is 1.99. The van der Waals surface area contributed by atoms with Crippen LogP contribution in [-0.4, -0.2) is 50.7 Å². The van der Waals surface area contributed by atoms with E-state index in [0.29, 0.717) is 11.2 Å². The molecule has 2 aromatic heterocycles. The average molecular weight is 357 g/mol. The molecule has 0 aromatic carbocycles. The molecule has 0 aliphatic heterocycles. The summed E-state index contributed by atoms with van der Waals surface area (Å²) in [6.07, 6.45) is 2.93. The molecule has 0 fully saturated rings. The summed E-state index contributed by atoms with van der Waals surface area (Å²) in [5, 5.41) is 9.94. The molecule has 2 aromatic rings. The van der Waals surface area contributed by atoms with Crippen LogP contribution in [0.15, 0.2) is 24.5 Å². The van der Waals surface area contributed by atoms with Crippen molar-refractivity contribution < 1.29 is 23.6 Å². The number of nitrogen functional groups attached to an aromatic ring is 1. The highest BCUT2D eigenvalue weighted by molar-refractivity contribution is 7.57. The smallest absolute Gasteiger partial charge is 0.353 e. The van der Waals surface area contributed by atoms with E-state index < -0.39 is 13.7 Å². The van der Waals surface area contributed by atoms with Gasteiger partial charge in [0, 0.05) is 5.82 Å². The Hall–Kier alpha value is -2.00. The van der Waals surface area contributed by atoms with Gasteiger partial charge in [0.05, 0.1) is 13.2 Å². The van der Waals surface area contributed by atoms with Gasteiger partial charge in [-0.2, -0.15) is 4.73 Å². The maximum absolute atomic E-state index is 12.2. The molecule has 2 heterocycles. The number of anilines is 1. The Bertz CT molecular complexity index is 739. The molecular formula is C13H20N5O5P. The number of aliphatic hydroxyl groups excluding tert-OH is 1. The summed E-state index contributed by atoms with van der Waals surface area (Å²) in [5.41, 5.74) is 6.46. The van der Waals surface area contributed by atoms with E-state index in [1.165, 1.54) is 29.3 Å². The van der Waals surface area contributed by atoms with Gasteiger partial charge in [0.15, 0.2) is 11.3 Å². The highest BCUT2D eigenvalue weighted by Crippen LogP contribution is 2.49. The molecule has 1 atom stereocenters. The van der Waals surface area contributed by atoms with Gasteiger partial charge < -0.3 is 24.7 Å². The van der Waals surface area contributed by atoms with Crippen molar-refractivity contribution in [3.8, 4) is 0 Å². The minimum atomic E-state index is -3.36. The zero-order chi connectivity index (χ0) is 17.6. The summed E-state index contributed by atoms with van der Waals surface area (Å²) in [5.74, 6) is 1.46. The van der Waals surface area contributed by atoms with E-state index in [9.17, 15) is 9.67 Å². The zero-order valence-corrected chi connectivity index (χ0v) is 14.3. The van der Waals surface area contributed by atoms with Gasteiger partial charge in [0.25, 0.3) is 0 Å². The van der Waals surface area contributed by atoms with Crippen molar-refractivity contribution >= 4 is 24.6 Å². The minimum absolute atomic E-state index is 0.121. The van der Waals surface area contributed by atoms with Crippen LogP contribution < -0.4 is 10.6 Å². The molecule has 24 heavy (non-hydrogen) atoms. The molecule has 132 valence electrons. The van der Waals surface area contributed by atoms with Crippen LogP contribution >= 0.6 is 7.60 Å². The molecule has 0 amide bonds. The Morgan fingerprint density at radius 2 is 2.04 bits per heavy atom. The van der Waals surface area contributed by atoms with Gasteiger partial charge in [-0.25, -0.2) is 15.0 Å². The lowest BCUT2D eigenvalue weighted by atomic mass is 10.4. The zero-order valence-electron chi connectivity index (χ0n) is 13.4. The minimum Gasteiger partial charge on any atom is -0.408 e. The first-order valence-corrected chi connectivity index (χ1v) is 8.93. The van der Waals surface area contributed by atoms with Crippen LogP contribution in [0.1, 0.15) is 13.8 Å². The number of aliphatic hydroxyl groups is 1. The molecule has 1 unspecified atom stereocenters. The van der Waals surface area contributed by atoms with E-state index in [0.717, 1.165) is 0 Å². The molecule has 0 radical (unpaired) electrons. The van der Waals surface area contributed by atoms with Gasteiger partial charge >= 0.3 is 7.60 Å². The summed E-state index contributed by atoms with van der Waals surface area (Å²) >= 11 is 0. The lowest BCUT2D eigenvalue weighted by Crippen LogP contribution is -2.22. The van der Waals surface area contributed by atoms with Crippen LogP contribution in [0.4, 0.5) is 5.82 Å². The fourth-order valence-corrected chi connectivity index (χ4v) is 3.20. The predicted molar refractivity (Wildman–Crippen MR) is 87.2 cm³/mol. The highest BCUT2D eigenvalue weighted by atomic mass is 31.2. The standard InChI is InChI=1S/C13H20N5O5P/c1-3-22-24(20,23-4-2)6-5-10(19)7-21-18-9-17-11-12(14)15-8-16-13(11)18/h5-6,8-10,19H,3-4,7H2,1-2H3,(H2,14,15,16)/b6-5+. The summed E-state index contributed by atoms with van der Waals surface area (Å²) in [4.78, 5) is 17.3. The van der Waals surface area contributed by atoms with Crippen molar-refractivity contribution in [1.29, 1.82) is 0 Å². The topological polar surface area (TPSA) is 135 Å². The molecule has 0 saturated heterocycles. The van der Waals surface area contributed by atoms with E-state index in [1.807, 2.05) is 0 Å². The number of nitrogens with zero attached hydrogens (tertiary/aromatic N) is 4. The van der Waals surface area contributed by atoms with Gasteiger partial charge in [0.2, 0.25) is 5.65 Å². The normalized spacial score (nSPS) is 13.6. The number of fused-ring (bicyclic) bond motifs is 1. The van der Waals surface area contributed by atoms with Crippen LogP contribution in [0, 0.1) is 0 Å². The van der Waals surface area contributed by atoms with Crippen LogP contribution in [0.5, 0.6) is 0 Å². The molecule has 3 N–H and O–H groups in total. The monoisotopic (exact) mass is 357 g/mol. The molecule has 11 heteroatoms. The molecule has 0 saturated carbocycles. The average Bonchev–Trinajstić information content (AvgIpc) is 2.96. The third-order valence-electron chi connectivity index (χ3n) is 2.82. The van der Waals surface area contributed by atoms with Crippen LogP contribution in [0.25, 0.3) is 11.2 Å². The Kier molecular flexibility index (Phi) is 6.27. The first kappa shape index (κ1) is 18.3. The number of hydrogen-bond donors (Lipinski definition) is 2. The maximum atomic E-state index is 12.2. The largest absolute Gasteiger partial charge is 0.408 e. The fourth-order valence-electron chi connectivity index (χ4n) is 1.83. The Morgan fingerprint density at radius 1 is 1.33 bits per heavy atom. The molecule has 0 aliphatic carbocycles. The summed E-state index contributed by atoms with van der Waals surface area (Å²) in [6.45, 7) is 3.75. The lowest BCUT2D eigenvalue weighted by Gasteiger charge is -2.14. The number of hydrogen-bond acceptors (Lipinski definition) is 9. The second-order valence-electron chi connectivity index (χ2n) is 4.58. The molecule has 10 nitrogen and oxygen atoms in total. The third-order valence-corrected chi connectivity index (χ3v) is 4.60. The molecule has 0 aliphatic rings. The molecule has 2 rings (SSSR count). The van der Waals surface area contributed by atoms with Crippen molar-refractivity contribution in [1.82, 2.24) is 19.7 Å². The van der Waals surface area contributed by atoms with Gasteiger partial charge in [0.1, 0.15) is 25.4 Å². The summed E-state index contributed by atoms with van der Waals surface area (Å²) in [6, 6.07) is 0. The van der Waals surface area contributed by atoms with Crippen molar-refractivity contribution in [2.24, 2.45) is 0 Å².